The Morgan fingerprint density at radius 2 is 1.65 bits per heavy atom. The Morgan fingerprint density at radius 1 is 0.950 bits per heavy atom. The number of rotatable bonds is 7. The molecule has 2 aromatic carbocycles. The molecule has 2 rings (SSSR count). The third-order valence-electron chi connectivity index (χ3n) is 3.68. The summed E-state index contributed by atoms with van der Waals surface area (Å²) < 4.78 is 0. The van der Waals surface area contributed by atoms with Crippen LogP contribution in [0.3, 0.4) is 0 Å². The van der Waals surface area contributed by atoms with Crippen molar-refractivity contribution in [2.75, 3.05) is 6.54 Å². The van der Waals surface area contributed by atoms with Crippen LogP contribution in [0.4, 0.5) is 0 Å². The predicted octanol–water partition coefficient (Wildman–Crippen LogP) is 4.67. The van der Waals surface area contributed by atoms with Crippen molar-refractivity contribution in [3.63, 3.8) is 0 Å². The summed E-state index contributed by atoms with van der Waals surface area (Å²) in [5, 5.41) is 3.67. The van der Waals surface area contributed by atoms with E-state index in [-0.39, 0.29) is 0 Å². The van der Waals surface area contributed by atoms with E-state index in [2.05, 4.69) is 73.8 Å². The maximum Gasteiger partial charge on any atom is 0.0323 e. The second-order valence-electron chi connectivity index (χ2n) is 5.44. The van der Waals surface area contributed by atoms with E-state index < -0.39 is 0 Å². The highest BCUT2D eigenvalue weighted by Crippen LogP contribution is 2.19. The minimum absolute atomic E-state index is 0.456. The van der Waals surface area contributed by atoms with Gasteiger partial charge in [0, 0.05) is 6.04 Å². The van der Waals surface area contributed by atoms with Crippen LogP contribution in [0.1, 0.15) is 42.5 Å². The van der Waals surface area contributed by atoms with Gasteiger partial charge in [-0.1, -0.05) is 67.1 Å². The van der Waals surface area contributed by atoms with E-state index >= 15 is 0 Å². The first-order chi connectivity index (χ1) is 9.79. The minimum Gasteiger partial charge on any atom is -0.310 e. The molecular weight excluding hydrogens is 242 g/mol. The van der Waals surface area contributed by atoms with Gasteiger partial charge in [-0.3, -0.25) is 0 Å². The van der Waals surface area contributed by atoms with Gasteiger partial charge in [-0.15, -0.1) is 0 Å². The second kappa shape index (κ2) is 7.86. The molecule has 0 aliphatic carbocycles. The molecule has 0 aliphatic rings. The van der Waals surface area contributed by atoms with E-state index in [0.717, 1.165) is 19.4 Å². The van der Waals surface area contributed by atoms with Crippen molar-refractivity contribution in [1.82, 2.24) is 5.32 Å². The van der Waals surface area contributed by atoms with Crippen molar-refractivity contribution in [3.8, 4) is 0 Å². The predicted molar refractivity (Wildman–Crippen MR) is 87.0 cm³/mol. The zero-order chi connectivity index (χ0) is 14.2. The monoisotopic (exact) mass is 267 g/mol. The normalized spacial score (nSPS) is 12.3. The van der Waals surface area contributed by atoms with Crippen molar-refractivity contribution < 1.29 is 0 Å². The summed E-state index contributed by atoms with van der Waals surface area (Å²) >= 11 is 0. The lowest BCUT2D eigenvalue weighted by molar-refractivity contribution is 0.499. The molecule has 0 fully saturated rings. The van der Waals surface area contributed by atoms with Crippen LogP contribution in [-0.2, 0) is 6.42 Å². The molecule has 1 nitrogen and oxygen atoms in total. The van der Waals surface area contributed by atoms with Crippen LogP contribution in [0.5, 0.6) is 0 Å². The third-order valence-corrected chi connectivity index (χ3v) is 3.68. The van der Waals surface area contributed by atoms with Crippen LogP contribution < -0.4 is 5.32 Å². The molecule has 1 N–H and O–H groups in total. The fraction of sp³-hybridized carbons (Fsp3) is 0.368. The summed E-state index contributed by atoms with van der Waals surface area (Å²) in [6.45, 7) is 5.43. The maximum absolute atomic E-state index is 3.67. The molecule has 0 aromatic heterocycles. The Morgan fingerprint density at radius 3 is 2.30 bits per heavy atom. The van der Waals surface area contributed by atoms with Gasteiger partial charge in [-0.2, -0.15) is 0 Å². The van der Waals surface area contributed by atoms with Crippen LogP contribution in [0.15, 0.2) is 54.6 Å². The summed E-state index contributed by atoms with van der Waals surface area (Å²) in [5.74, 6) is 0. The maximum atomic E-state index is 3.67. The molecular formula is C19H25N. The van der Waals surface area contributed by atoms with Crippen LogP contribution in [0.25, 0.3) is 0 Å². The zero-order valence-electron chi connectivity index (χ0n) is 12.6. The summed E-state index contributed by atoms with van der Waals surface area (Å²) in [6, 6.07) is 20.1. The second-order valence-corrected chi connectivity index (χ2v) is 5.44. The highest BCUT2D eigenvalue weighted by atomic mass is 14.9. The van der Waals surface area contributed by atoms with Gasteiger partial charge in [0.2, 0.25) is 0 Å². The largest absolute Gasteiger partial charge is 0.310 e. The van der Waals surface area contributed by atoms with Crippen LogP contribution in [0, 0.1) is 6.92 Å². The van der Waals surface area contributed by atoms with Gasteiger partial charge < -0.3 is 5.32 Å². The van der Waals surface area contributed by atoms with E-state index in [4.69, 9.17) is 0 Å². The van der Waals surface area contributed by atoms with E-state index in [1.165, 1.54) is 23.1 Å². The minimum atomic E-state index is 0.456. The molecule has 0 bridgehead atoms. The van der Waals surface area contributed by atoms with E-state index in [9.17, 15) is 0 Å². The molecule has 0 saturated carbocycles. The van der Waals surface area contributed by atoms with Gasteiger partial charge in [-0.05, 0) is 43.9 Å². The van der Waals surface area contributed by atoms with Gasteiger partial charge >= 0.3 is 0 Å². The van der Waals surface area contributed by atoms with E-state index in [1.807, 2.05) is 0 Å². The Labute approximate surface area is 123 Å². The average molecular weight is 267 g/mol. The Bertz CT molecular complexity index is 487. The van der Waals surface area contributed by atoms with Crippen molar-refractivity contribution >= 4 is 0 Å². The molecule has 1 unspecified atom stereocenters. The van der Waals surface area contributed by atoms with Crippen molar-refractivity contribution in [3.05, 3.63) is 71.3 Å². The Hall–Kier alpha value is -1.60. The SMILES string of the molecule is CCCNC(CCc1ccc(C)cc1)c1ccccc1. The van der Waals surface area contributed by atoms with Gasteiger partial charge in [0.25, 0.3) is 0 Å². The molecule has 0 saturated heterocycles. The van der Waals surface area contributed by atoms with Crippen molar-refractivity contribution in [2.45, 2.75) is 39.2 Å². The standard InChI is InChI=1S/C19H25N/c1-3-15-20-19(18-7-5-4-6-8-18)14-13-17-11-9-16(2)10-12-17/h4-12,19-20H,3,13-15H2,1-2H3. The molecule has 0 spiro atoms. The number of hydrogen-bond acceptors (Lipinski definition) is 1. The topological polar surface area (TPSA) is 12.0 Å². The lowest BCUT2D eigenvalue weighted by atomic mass is 9.98. The third kappa shape index (κ3) is 4.50. The molecule has 1 heteroatoms. The fourth-order valence-corrected chi connectivity index (χ4v) is 2.46. The van der Waals surface area contributed by atoms with Gasteiger partial charge in [0.15, 0.2) is 0 Å². The van der Waals surface area contributed by atoms with E-state index in [1.54, 1.807) is 0 Å². The van der Waals surface area contributed by atoms with Crippen LogP contribution >= 0.6 is 0 Å². The molecule has 0 amide bonds. The molecule has 0 aliphatic heterocycles. The number of nitrogens with one attached hydrogen (secondary N) is 1. The molecule has 1 atom stereocenters. The lowest BCUT2D eigenvalue weighted by Crippen LogP contribution is -2.22. The Balaban J connectivity index is 1.99. The Kier molecular flexibility index (Phi) is 5.82. The number of aryl methyl sites for hydroxylation is 2. The summed E-state index contributed by atoms with van der Waals surface area (Å²) in [4.78, 5) is 0. The quantitative estimate of drug-likeness (QED) is 0.768. The number of hydrogen-bond donors (Lipinski definition) is 1. The molecule has 20 heavy (non-hydrogen) atoms. The molecule has 106 valence electrons. The van der Waals surface area contributed by atoms with Crippen molar-refractivity contribution in [2.24, 2.45) is 0 Å². The average Bonchev–Trinajstić information content (AvgIpc) is 2.50. The zero-order valence-corrected chi connectivity index (χ0v) is 12.6. The van der Waals surface area contributed by atoms with E-state index in [0.29, 0.717) is 6.04 Å². The summed E-state index contributed by atoms with van der Waals surface area (Å²) in [5.41, 5.74) is 4.15. The number of benzene rings is 2. The van der Waals surface area contributed by atoms with Gasteiger partial charge in [0.1, 0.15) is 0 Å². The molecule has 2 aromatic rings. The molecule has 0 heterocycles. The lowest BCUT2D eigenvalue weighted by Gasteiger charge is -2.19. The fourth-order valence-electron chi connectivity index (χ4n) is 2.46. The van der Waals surface area contributed by atoms with Crippen LogP contribution in [-0.4, -0.2) is 6.54 Å². The summed E-state index contributed by atoms with van der Waals surface area (Å²) in [6.07, 6.45) is 3.44. The smallest absolute Gasteiger partial charge is 0.0323 e. The van der Waals surface area contributed by atoms with Gasteiger partial charge in [-0.25, -0.2) is 0 Å². The highest BCUT2D eigenvalue weighted by molar-refractivity contribution is 5.23. The first-order valence-corrected chi connectivity index (χ1v) is 7.63. The summed E-state index contributed by atoms with van der Waals surface area (Å²) in [7, 11) is 0. The highest BCUT2D eigenvalue weighted by Gasteiger charge is 2.10. The van der Waals surface area contributed by atoms with Crippen molar-refractivity contribution in [1.29, 1.82) is 0 Å². The van der Waals surface area contributed by atoms with Crippen LogP contribution in [0.2, 0.25) is 0 Å². The first-order valence-electron chi connectivity index (χ1n) is 7.63. The molecule has 0 radical (unpaired) electrons. The first kappa shape index (κ1) is 14.8. The van der Waals surface area contributed by atoms with Gasteiger partial charge in [0.05, 0.1) is 0 Å².